The minimum atomic E-state index is -0.450. The van der Waals surface area contributed by atoms with Gasteiger partial charge in [0.2, 0.25) is 0 Å². The summed E-state index contributed by atoms with van der Waals surface area (Å²) in [6.45, 7) is 0.664. The number of aliphatic hydroxyl groups excluding tert-OH is 1. The van der Waals surface area contributed by atoms with Crippen molar-refractivity contribution in [2.75, 3.05) is 40.2 Å². The Labute approximate surface area is 185 Å². The fourth-order valence-corrected chi connectivity index (χ4v) is 2.83. The van der Waals surface area contributed by atoms with Crippen LogP contribution < -0.4 is 10.5 Å². The molecule has 2 aromatic carbocycles. The van der Waals surface area contributed by atoms with E-state index in [1.54, 1.807) is 45.5 Å². The molecular formula is C22H25ClN4O4. The summed E-state index contributed by atoms with van der Waals surface area (Å²) in [5, 5.41) is 27.0. The fourth-order valence-electron chi connectivity index (χ4n) is 2.61. The van der Waals surface area contributed by atoms with E-state index in [0.717, 1.165) is 6.08 Å². The molecule has 8 nitrogen and oxygen atoms in total. The lowest BCUT2D eigenvalue weighted by molar-refractivity contribution is 0.0827. The van der Waals surface area contributed by atoms with Gasteiger partial charge in [-0.15, -0.1) is 0 Å². The van der Waals surface area contributed by atoms with E-state index in [2.05, 4.69) is 0 Å². The topological polar surface area (TPSA) is 133 Å². The fraction of sp³-hybridized carbons (Fsp3) is 0.227. The molecule has 0 heterocycles. The van der Waals surface area contributed by atoms with Gasteiger partial charge in [-0.25, -0.2) is 0 Å². The van der Waals surface area contributed by atoms with Crippen molar-refractivity contribution >= 4 is 34.6 Å². The molecule has 0 spiro atoms. The largest absolute Gasteiger partial charge is 0.506 e. The molecule has 0 unspecified atom stereocenters. The highest BCUT2D eigenvalue weighted by Gasteiger charge is 2.16. The summed E-state index contributed by atoms with van der Waals surface area (Å²) < 4.78 is 10.4. The third-order valence-corrected chi connectivity index (χ3v) is 4.60. The first-order chi connectivity index (χ1) is 14.6. The molecule has 0 saturated heterocycles. The minimum absolute atomic E-state index is 0.0321. The Morgan fingerprint density at radius 1 is 1.16 bits per heavy atom. The average molecular weight is 445 g/mol. The lowest BCUT2D eigenvalue weighted by Gasteiger charge is -2.13. The van der Waals surface area contributed by atoms with Crippen LogP contribution in [0.15, 0.2) is 48.2 Å². The monoisotopic (exact) mass is 444 g/mol. The Balaban J connectivity index is 2.19. The van der Waals surface area contributed by atoms with E-state index in [-0.39, 0.29) is 40.2 Å². The van der Waals surface area contributed by atoms with Gasteiger partial charge in [0.05, 0.1) is 17.3 Å². The Morgan fingerprint density at radius 2 is 1.77 bits per heavy atom. The van der Waals surface area contributed by atoms with Crippen molar-refractivity contribution in [2.24, 2.45) is 0 Å². The Hall–Kier alpha value is -3.36. The number of methoxy groups -OCH3 is 1. The second-order valence-corrected chi connectivity index (χ2v) is 7.21. The molecule has 0 aliphatic rings. The molecule has 1 amide bonds. The van der Waals surface area contributed by atoms with Gasteiger partial charge < -0.3 is 30.6 Å². The lowest BCUT2D eigenvalue weighted by atomic mass is 10.0. The maximum atomic E-state index is 12.0. The smallest absolute Gasteiger partial charge is 0.253 e. The summed E-state index contributed by atoms with van der Waals surface area (Å²) in [6, 6.07) is 9.30. The number of benzene rings is 2. The molecule has 0 aromatic heterocycles. The van der Waals surface area contributed by atoms with Gasteiger partial charge in [0, 0.05) is 50.2 Å². The van der Waals surface area contributed by atoms with Gasteiger partial charge >= 0.3 is 0 Å². The van der Waals surface area contributed by atoms with Crippen LogP contribution in [0.1, 0.15) is 21.5 Å². The molecule has 0 fully saturated rings. The van der Waals surface area contributed by atoms with E-state index in [0.29, 0.717) is 23.5 Å². The van der Waals surface area contributed by atoms with Crippen molar-refractivity contribution in [3.8, 4) is 5.75 Å². The van der Waals surface area contributed by atoms with Crippen LogP contribution in [-0.4, -0.2) is 61.8 Å². The summed E-state index contributed by atoms with van der Waals surface area (Å²) in [5.74, 6) is -0.258. The van der Waals surface area contributed by atoms with E-state index in [4.69, 9.17) is 37.6 Å². The van der Waals surface area contributed by atoms with Crippen LogP contribution in [0.4, 0.5) is 5.69 Å². The Kier molecular flexibility index (Phi) is 8.18. The molecule has 0 bridgehead atoms. The number of carbonyl (C=O) groups is 1. The number of hydrogen-bond acceptors (Lipinski definition) is 7. The van der Waals surface area contributed by atoms with Crippen LogP contribution in [0.2, 0.25) is 5.02 Å². The van der Waals surface area contributed by atoms with Gasteiger partial charge in [-0.1, -0.05) is 23.7 Å². The average Bonchev–Trinajstić information content (AvgIpc) is 2.74. The highest BCUT2D eigenvalue weighted by atomic mass is 35.5. The SMILES string of the molecule is COCCOc1cc(N)c(C(=N)/C(O)=C/C(=N)c2ccc(C(=O)N(C)C)cc2)cc1Cl. The van der Waals surface area contributed by atoms with Crippen molar-refractivity contribution in [1.82, 2.24) is 4.90 Å². The van der Waals surface area contributed by atoms with Crippen LogP contribution in [-0.2, 0) is 4.74 Å². The summed E-state index contributed by atoms with van der Waals surface area (Å²) in [5.41, 5.74) is 7.05. The van der Waals surface area contributed by atoms with Crippen molar-refractivity contribution in [3.05, 3.63) is 69.9 Å². The number of anilines is 1. The van der Waals surface area contributed by atoms with E-state index in [1.807, 2.05) is 0 Å². The number of amides is 1. The molecule has 164 valence electrons. The van der Waals surface area contributed by atoms with E-state index >= 15 is 0 Å². The molecule has 2 rings (SSSR count). The van der Waals surface area contributed by atoms with Gasteiger partial charge in [-0.3, -0.25) is 10.2 Å². The molecule has 9 heteroatoms. The predicted molar refractivity (Wildman–Crippen MR) is 122 cm³/mol. The maximum Gasteiger partial charge on any atom is 0.253 e. The van der Waals surface area contributed by atoms with Crippen LogP contribution in [0.25, 0.3) is 0 Å². The maximum absolute atomic E-state index is 12.0. The highest BCUT2D eigenvalue weighted by molar-refractivity contribution is 6.33. The molecule has 2 aromatic rings. The standard InChI is InChI=1S/C22H25ClN4O4/c1-27(2)22(29)14-6-4-13(5-7-14)17(24)11-19(28)21(26)15-10-16(23)20(12-18(15)25)31-9-8-30-3/h4-7,10-12,24,26,28H,8-9,25H2,1-3H3/b19-11-,24-17?,26-21?. The van der Waals surface area contributed by atoms with Crippen LogP contribution in [0.5, 0.6) is 5.75 Å². The zero-order chi connectivity index (χ0) is 23.1. The molecule has 0 atom stereocenters. The van der Waals surface area contributed by atoms with Crippen molar-refractivity contribution in [2.45, 2.75) is 0 Å². The normalized spacial score (nSPS) is 11.2. The van der Waals surface area contributed by atoms with Gasteiger partial charge in [0.15, 0.2) is 0 Å². The summed E-state index contributed by atoms with van der Waals surface area (Å²) in [6.07, 6.45) is 1.14. The number of aliphatic hydroxyl groups is 1. The molecule has 31 heavy (non-hydrogen) atoms. The number of rotatable bonds is 9. The number of allylic oxidation sites excluding steroid dienone is 2. The number of halogens is 1. The molecule has 0 aliphatic carbocycles. The lowest BCUT2D eigenvalue weighted by Crippen LogP contribution is -2.21. The Bertz CT molecular complexity index is 1020. The van der Waals surface area contributed by atoms with Crippen molar-refractivity contribution in [3.63, 3.8) is 0 Å². The number of ether oxygens (including phenoxy) is 2. The quantitative estimate of drug-likeness (QED) is 0.203. The van der Waals surface area contributed by atoms with Gasteiger partial charge in [0.1, 0.15) is 23.8 Å². The van der Waals surface area contributed by atoms with E-state index in [1.165, 1.54) is 17.0 Å². The summed E-state index contributed by atoms with van der Waals surface area (Å²) in [7, 11) is 4.86. The molecule has 0 aliphatic heterocycles. The minimum Gasteiger partial charge on any atom is -0.506 e. The van der Waals surface area contributed by atoms with Crippen LogP contribution in [0, 0.1) is 10.8 Å². The number of nitrogens with two attached hydrogens (primary N) is 1. The van der Waals surface area contributed by atoms with Crippen LogP contribution in [0.3, 0.4) is 0 Å². The summed E-state index contributed by atoms with van der Waals surface area (Å²) >= 11 is 6.20. The first-order valence-corrected chi connectivity index (χ1v) is 9.64. The number of nitrogens with one attached hydrogen (secondary N) is 2. The number of nitrogen functional groups attached to an aromatic ring is 1. The Morgan fingerprint density at radius 3 is 2.35 bits per heavy atom. The van der Waals surface area contributed by atoms with Crippen LogP contribution >= 0.6 is 11.6 Å². The highest BCUT2D eigenvalue weighted by Crippen LogP contribution is 2.31. The third kappa shape index (κ3) is 6.07. The number of hydrogen-bond donors (Lipinski definition) is 4. The zero-order valence-electron chi connectivity index (χ0n) is 17.5. The third-order valence-electron chi connectivity index (χ3n) is 4.30. The van der Waals surface area contributed by atoms with E-state index in [9.17, 15) is 9.90 Å². The van der Waals surface area contributed by atoms with E-state index < -0.39 is 5.76 Å². The zero-order valence-corrected chi connectivity index (χ0v) is 18.3. The number of carbonyl (C=O) groups excluding carboxylic acids is 1. The molecule has 0 saturated carbocycles. The van der Waals surface area contributed by atoms with Gasteiger partial charge in [-0.2, -0.15) is 0 Å². The summed E-state index contributed by atoms with van der Waals surface area (Å²) in [4.78, 5) is 13.4. The molecule has 0 radical (unpaired) electrons. The van der Waals surface area contributed by atoms with Gasteiger partial charge in [-0.05, 0) is 23.8 Å². The predicted octanol–water partition coefficient (Wildman–Crippen LogP) is 3.53. The number of nitrogens with zero attached hydrogens (tertiary/aromatic N) is 1. The van der Waals surface area contributed by atoms with Gasteiger partial charge in [0.25, 0.3) is 5.91 Å². The van der Waals surface area contributed by atoms with Crippen molar-refractivity contribution < 1.29 is 19.4 Å². The first-order valence-electron chi connectivity index (χ1n) is 9.27. The molecular weight excluding hydrogens is 420 g/mol. The molecule has 5 N–H and O–H groups in total. The first kappa shape index (κ1) is 23.9. The second kappa shape index (κ2) is 10.6. The second-order valence-electron chi connectivity index (χ2n) is 6.81. The van der Waals surface area contributed by atoms with Crippen molar-refractivity contribution in [1.29, 1.82) is 10.8 Å².